The quantitative estimate of drug-likeness (QED) is 0.511. The molecular weight excluding hydrogens is 364 g/mol. The molecule has 4 amide bonds. The number of carbonyl (C=O) groups excluding carboxylic acids is 3. The molecule has 1 heterocycles. The van der Waals surface area contributed by atoms with Crippen LogP contribution in [-0.4, -0.2) is 74.0 Å². The number of barbiturate groups is 1. The molecule has 0 atom stereocenters. The van der Waals surface area contributed by atoms with E-state index in [0.717, 1.165) is 6.42 Å². The summed E-state index contributed by atoms with van der Waals surface area (Å²) in [6.07, 6.45) is 1.87. The summed E-state index contributed by atoms with van der Waals surface area (Å²) < 4.78 is 0. The second-order valence-corrected chi connectivity index (χ2v) is 6.73. The van der Waals surface area contributed by atoms with Crippen molar-refractivity contribution in [3.05, 3.63) is 0 Å². The van der Waals surface area contributed by atoms with Crippen molar-refractivity contribution in [2.24, 2.45) is 11.3 Å². The van der Waals surface area contributed by atoms with Crippen molar-refractivity contribution in [2.75, 3.05) is 13.1 Å². The summed E-state index contributed by atoms with van der Waals surface area (Å²) in [5.41, 5.74) is -2.19. The maximum absolute atomic E-state index is 13.1. The number of nitrogens with zero attached hydrogens (tertiary/aromatic N) is 2. The standard InChI is InChI=1S/C16H20N2O9/c19-10(20)6-16(9-4-2-1-3-5-9)13(25)17(7-11(21)22)15(27)18(14(16)26)8-12(23)24/h9H,1-8H2,(H,19,20)(H,21,22)(H,23,24). The Morgan fingerprint density at radius 3 is 1.63 bits per heavy atom. The van der Waals surface area contributed by atoms with E-state index < -0.39 is 66.6 Å². The van der Waals surface area contributed by atoms with Crippen molar-refractivity contribution in [1.82, 2.24) is 9.80 Å². The zero-order valence-corrected chi connectivity index (χ0v) is 14.4. The topological polar surface area (TPSA) is 170 Å². The van der Waals surface area contributed by atoms with E-state index in [0.29, 0.717) is 25.7 Å². The Morgan fingerprint density at radius 1 is 0.815 bits per heavy atom. The van der Waals surface area contributed by atoms with E-state index in [4.69, 9.17) is 10.2 Å². The molecule has 27 heavy (non-hydrogen) atoms. The average molecular weight is 384 g/mol. The van der Waals surface area contributed by atoms with Crippen molar-refractivity contribution in [3.8, 4) is 0 Å². The van der Waals surface area contributed by atoms with Gasteiger partial charge in [0, 0.05) is 0 Å². The molecule has 1 saturated carbocycles. The van der Waals surface area contributed by atoms with Gasteiger partial charge in [-0.25, -0.2) is 4.79 Å². The molecule has 11 heteroatoms. The molecule has 0 radical (unpaired) electrons. The van der Waals surface area contributed by atoms with E-state index in [-0.39, 0.29) is 9.80 Å². The lowest BCUT2D eigenvalue weighted by atomic mass is 9.64. The van der Waals surface area contributed by atoms with Crippen molar-refractivity contribution < 1.29 is 44.1 Å². The smallest absolute Gasteiger partial charge is 0.334 e. The zero-order chi connectivity index (χ0) is 20.4. The molecular formula is C16H20N2O9. The molecule has 3 N–H and O–H groups in total. The van der Waals surface area contributed by atoms with Crippen LogP contribution in [0.5, 0.6) is 0 Å². The maximum atomic E-state index is 13.1. The first kappa shape index (κ1) is 20.3. The van der Waals surface area contributed by atoms with E-state index in [9.17, 15) is 33.9 Å². The van der Waals surface area contributed by atoms with E-state index in [1.165, 1.54) is 0 Å². The maximum Gasteiger partial charge on any atom is 0.334 e. The Balaban J connectivity index is 2.60. The van der Waals surface area contributed by atoms with Crippen LogP contribution in [0.1, 0.15) is 38.5 Å². The predicted molar refractivity (Wildman–Crippen MR) is 85.4 cm³/mol. The molecule has 0 spiro atoms. The molecule has 1 aliphatic carbocycles. The number of carboxylic acids is 3. The van der Waals surface area contributed by atoms with Crippen molar-refractivity contribution in [1.29, 1.82) is 0 Å². The number of hydrogen-bond acceptors (Lipinski definition) is 6. The van der Waals surface area contributed by atoms with Crippen LogP contribution in [0.4, 0.5) is 4.79 Å². The van der Waals surface area contributed by atoms with Gasteiger partial charge in [-0.15, -0.1) is 0 Å². The number of urea groups is 1. The first-order chi connectivity index (χ1) is 12.6. The number of imide groups is 2. The molecule has 1 saturated heterocycles. The highest BCUT2D eigenvalue weighted by atomic mass is 16.4. The molecule has 11 nitrogen and oxygen atoms in total. The lowest BCUT2D eigenvalue weighted by Gasteiger charge is -2.47. The van der Waals surface area contributed by atoms with Gasteiger partial charge < -0.3 is 15.3 Å². The molecule has 0 aromatic rings. The fourth-order valence-corrected chi connectivity index (χ4v) is 3.92. The SMILES string of the molecule is O=C(O)CN1C(=O)N(CC(=O)O)C(=O)C(CC(=O)O)(C2CCCCC2)C1=O. The van der Waals surface area contributed by atoms with Gasteiger partial charge in [0.15, 0.2) is 0 Å². The minimum Gasteiger partial charge on any atom is -0.481 e. The highest BCUT2D eigenvalue weighted by Crippen LogP contribution is 2.46. The third-order valence-electron chi connectivity index (χ3n) is 5.03. The molecule has 0 unspecified atom stereocenters. The minimum atomic E-state index is -2.19. The van der Waals surface area contributed by atoms with E-state index in [1.807, 2.05) is 0 Å². The van der Waals surface area contributed by atoms with Gasteiger partial charge in [0.05, 0.1) is 6.42 Å². The van der Waals surface area contributed by atoms with Crippen LogP contribution in [0.25, 0.3) is 0 Å². The number of amides is 4. The van der Waals surface area contributed by atoms with Crippen molar-refractivity contribution in [3.63, 3.8) is 0 Å². The van der Waals surface area contributed by atoms with E-state index >= 15 is 0 Å². The monoisotopic (exact) mass is 384 g/mol. The Hall–Kier alpha value is -2.98. The zero-order valence-electron chi connectivity index (χ0n) is 14.4. The molecule has 0 aromatic carbocycles. The minimum absolute atomic E-state index is 0.268. The van der Waals surface area contributed by atoms with Gasteiger partial charge in [-0.3, -0.25) is 33.8 Å². The highest BCUT2D eigenvalue weighted by Gasteiger charge is 2.62. The first-order valence-electron chi connectivity index (χ1n) is 8.44. The molecule has 2 fully saturated rings. The lowest BCUT2D eigenvalue weighted by molar-refractivity contribution is -0.172. The number of aliphatic carboxylic acids is 3. The van der Waals surface area contributed by atoms with Gasteiger partial charge in [0.2, 0.25) is 11.8 Å². The van der Waals surface area contributed by atoms with Gasteiger partial charge in [0.25, 0.3) is 0 Å². The molecule has 0 aromatic heterocycles. The first-order valence-corrected chi connectivity index (χ1v) is 8.44. The number of rotatable bonds is 7. The second-order valence-electron chi connectivity index (χ2n) is 6.73. The molecule has 0 bridgehead atoms. The van der Waals surface area contributed by atoms with Crippen molar-refractivity contribution >= 4 is 35.8 Å². The third-order valence-corrected chi connectivity index (χ3v) is 5.03. The number of hydrogen-bond donors (Lipinski definition) is 3. The molecule has 2 rings (SSSR count). The second kappa shape index (κ2) is 7.72. The third kappa shape index (κ3) is 3.76. The van der Waals surface area contributed by atoms with Crippen LogP contribution < -0.4 is 0 Å². The summed E-state index contributed by atoms with van der Waals surface area (Å²) in [6.45, 7) is -2.18. The summed E-state index contributed by atoms with van der Waals surface area (Å²) in [4.78, 5) is 72.7. The Morgan fingerprint density at radius 2 is 1.26 bits per heavy atom. The Labute approximate surface area is 153 Å². The molecule has 2 aliphatic rings. The van der Waals surface area contributed by atoms with Crippen molar-refractivity contribution in [2.45, 2.75) is 38.5 Å². The summed E-state index contributed by atoms with van der Waals surface area (Å²) in [6, 6.07) is -1.37. The lowest BCUT2D eigenvalue weighted by Crippen LogP contribution is -2.69. The number of carbonyl (C=O) groups is 6. The van der Waals surface area contributed by atoms with Gasteiger partial charge in [0.1, 0.15) is 18.5 Å². The van der Waals surface area contributed by atoms with E-state index in [1.54, 1.807) is 0 Å². The van der Waals surface area contributed by atoms with Gasteiger partial charge in [-0.2, -0.15) is 0 Å². The predicted octanol–water partition coefficient (Wildman–Crippen LogP) is -0.0122. The fraction of sp³-hybridized carbons (Fsp3) is 0.625. The highest BCUT2D eigenvalue weighted by molar-refractivity contribution is 6.21. The van der Waals surface area contributed by atoms with Crippen LogP contribution >= 0.6 is 0 Å². The Kier molecular flexibility index (Phi) is 5.82. The average Bonchev–Trinajstić information content (AvgIpc) is 2.59. The summed E-state index contributed by atoms with van der Waals surface area (Å²) >= 11 is 0. The van der Waals surface area contributed by atoms with Gasteiger partial charge >= 0.3 is 23.9 Å². The van der Waals surface area contributed by atoms with Gasteiger partial charge in [-0.1, -0.05) is 19.3 Å². The largest absolute Gasteiger partial charge is 0.481 e. The van der Waals surface area contributed by atoms with Crippen LogP contribution in [0.3, 0.4) is 0 Å². The van der Waals surface area contributed by atoms with Crippen LogP contribution in [0.2, 0.25) is 0 Å². The van der Waals surface area contributed by atoms with Crippen LogP contribution in [0.15, 0.2) is 0 Å². The molecule has 148 valence electrons. The van der Waals surface area contributed by atoms with E-state index in [2.05, 4.69) is 0 Å². The summed E-state index contributed by atoms with van der Waals surface area (Å²) in [5.74, 6) is -7.65. The summed E-state index contributed by atoms with van der Waals surface area (Å²) in [5, 5.41) is 27.4. The summed E-state index contributed by atoms with van der Waals surface area (Å²) in [7, 11) is 0. The van der Waals surface area contributed by atoms with Gasteiger partial charge in [-0.05, 0) is 18.8 Å². The Bertz CT molecular complexity index is 658. The fourth-order valence-electron chi connectivity index (χ4n) is 3.92. The van der Waals surface area contributed by atoms with Crippen LogP contribution in [-0.2, 0) is 24.0 Å². The molecule has 1 aliphatic heterocycles. The van der Waals surface area contributed by atoms with Crippen LogP contribution in [0, 0.1) is 11.3 Å². The number of carboxylic acid groups (broad SMARTS) is 3. The normalized spacial score (nSPS) is 20.7.